The molecule has 1 aliphatic carbocycles. The highest BCUT2D eigenvalue weighted by Crippen LogP contribution is 2.27. The second-order valence-electron chi connectivity index (χ2n) is 4.87. The summed E-state index contributed by atoms with van der Waals surface area (Å²) < 4.78 is 0. The van der Waals surface area contributed by atoms with Crippen LogP contribution in [0.1, 0.15) is 38.5 Å². The number of likely N-dealkylation sites (tertiary alicyclic amines) is 1. The maximum atomic E-state index is 10.1. The normalized spacial score (nSPS) is 28.9. The average molecular weight is 208 g/mol. The maximum Gasteiger partial charge on any atom is 0.234 e. The Bertz CT molecular complexity index is 242. The van der Waals surface area contributed by atoms with Gasteiger partial charge in [-0.3, -0.25) is 0 Å². The van der Waals surface area contributed by atoms with Gasteiger partial charge in [0.25, 0.3) is 0 Å². The zero-order valence-electron chi connectivity index (χ0n) is 9.32. The quantitative estimate of drug-likeness (QED) is 0.525. The Hall–Kier alpha value is -0.660. The highest BCUT2D eigenvalue weighted by atomic mass is 16.1. The van der Waals surface area contributed by atoms with Crippen LogP contribution in [-0.4, -0.2) is 36.7 Å². The molecule has 2 aliphatic rings. The standard InChI is InChI=1S/C12H20N2O/c15-10-13-8-11-4-3-7-14(9-11)12-5-1-2-6-12/h11-12H,1-9H2. The molecular formula is C12H20N2O. The number of nitrogens with zero attached hydrogens (tertiary/aromatic N) is 2. The van der Waals surface area contributed by atoms with E-state index in [0.29, 0.717) is 12.5 Å². The Kier molecular flexibility index (Phi) is 3.93. The first-order valence-corrected chi connectivity index (χ1v) is 6.18. The molecule has 3 heteroatoms. The van der Waals surface area contributed by atoms with Crippen molar-refractivity contribution in [1.29, 1.82) is 0 Å². The molecule has 1 aliphatic heterocycles. The molecule has 0 radical (unpaired) electrons. The largest absolute Gasteiger partial charge is 0.300 e. The van der Waals surface area contributed by atoms with E-state index in [9.17, 15) is 4.79 Å². The fourth-order valence-corrected chi connectivity index (χ4v) is 3.01. The van der Waals surface area contributed by atoms with Crippen molar-refractivity contribution < 1.29 is 4.79 Å². The third-order valence-corrected chi connectivity index (χ3v) is 3.81. The summed E-state index contributed by atoms with van der Waals surface area (Å²) in [5.74, 6) is 0.598. The molecule has 0 bridgehead atoms. The molecule has 3 nitrogen and oxygen atoms in total. The van der Waals surface area contributed by atoms with Crippen LogP contribution in [0.5, 0.6) is 0 Å². The number of aliphatic imine (C=N–C) groups is 1. The van der Waals surface area contributed by atoms with E-state index in [0.717, 1.165) is 12.6 Å². The van der Waals surface area contributed by atoms with Gasteiger partial charge in [0.2, 0.25) is 6.08 Å². The summed E-state index contributed by atoms with van der Waals surface area (Å²) in [6, 6.07) is 0.827. The van der Waals surface area contributed by atoms with Crippen molar-refractivity contribution in [2.75, 3.05) is 19.6 Å². The number of hydrogen-bond donors (Lipinski definition) is 0. The van der Waals surface area contributed by atoms with E-state index in [4.69, 9.17) is 0 Å². The van der Waals surface area contributed by atoms with Crippen LogP contribution in [0.25, 0.3) is 0 Å². The monoisotopic (exact) mass is 208 g/mol. The summed E-state index contributed by atoms with van der Waals surface area (Å²) in [5.41, 5.74) is 0. The van der Waals surface area contributed by atoms with Crippen LogP contribution >= 0.6 is 0 Å². The molecule has 1 saturated heterocycles. The minimum Gasteiger partial charge on any atom is -0.300 e. The van der Waals surface area contributed by atoms with E-state index >= 15 is 0 Å². The predicted octanol–water partition coefficient (Wildman–Crippen LogP) is 1.98. The number of rotatable bonds is 3. The highest BCUT2D eigenvalue weighted by molar-refractivity contribution is 5.32. The Morgan fingerprint density at radius 3 is 2.73 bits per heavy atom. The smallest absolute Gasteiger partial charge is 0.234 e. The second-order valence-corrected chi connectivity index (χ2v) is 4.87. The van der Waals surface area contributed by atoms with Crippen molar-refractivity contribution in [1.82, 2.24) is 4.90 Å². The van der Waals surface area contributed by atoms with Gasteiger partial charge in [-0.15, -0.1) is 0 Å². The van der Waals surface area contributed by atoms with E-state index < -0.39 is 0 Å². The number of piperidine rings is 1. The van der Waals surface area contributed by atoms with Crippen molar-refractivity contribution in [2.45, 2.75) is 44.6 Å². The molecule has 1 saturated carbocycles. The first kappa shape index (κ1) is 10.8. The van der Waals surface area contributed by atoms with E-state index in [2.05, 4.69) is 9.89 Å². The van der Waals surface area contributed by atoms with Gasteiger partial charge >= 0.3 is 0 Å². The van der Waals surface area contributed by atoms with Gasteiger partial charge in [-0.25, -0.2) is 9.79 Å². The van der Waals surface area contributed by atoms with E-state index in [1.54, 1.807) is 6.08 Å². The maximum absolute atomic E-state index is 10.1. The van der Waals surface area contributed by atoms with Gasteiger partial charge in [-0.1, -0.05) is 12.8 Å². The molecule has 0 aromatic carbocycles. The average Bonchev–Trinajstić information content (AvgIpc) is 2.80. The van der Waals surface area contributed by atoms with Crippen molar-refractivity contribution in [3.63, 3.8) is 0 Å². The molecule has 1 atom stereocenters. The first-order valence-electron chi connectivity index (χ1n) is 6.18. The minimum absolute atomic E-state index is 0.598. The van der Waals surface area contributed by atoms with Crippen molar-refractivity contribution in [2.24, 2.45) is 10.9 Å². The molecular weight excluding hydrogens is 188 g/mol. The number of isocyanates is 1. The van der Waals surface area contributed by atoms with Gasteiger partial charge < -0.3 is 4.90 Å². The lowest BCUT2D eigenvalue weighted by Crippen LogP contribution is -2.42. The molecule has 1 heterocycles. The fraction of sp³-hybridized carbons (Fsp3) is 0.917. The molecule has 0 aromatic rings. The zero-order valence-corrected chi connectivity index (χ0v) is 9.32. The molecule has 0 spiro atoms. The van der Waals surface area contributed by atoms with Gasteiger partial charge in [-0.2, -0.15) is 0 Å². The van der Waals surface area contributed by atoms with Crippen molar-refractivity contribution in [3.8, 4) is 0 Å². The predicted molar refractivity (Wildman–Crippen MR) is 59.5 cm³/mol. The Balaban J connectivity index is 1.83. The SMILES string of the molecule is O=C=NCC1CCCN(C2CCCC2)C1. The molecule has 0 aromatic heterocycles. The lowest BCUT2D eigenvalue weighted by Gasteiger charge is -2.36. The van der Waals surface area contributed by atoms with Crippen LogP contribution in [-0.2, 0) is 4.79 Å². The molecule has 84 valence electrons. The number of hydrogen-bond acceptors (Lipinski definition) is 3. The lowest BCUT2D eigenvalue weighted by atomic mass is 9.96. The first-order chi connectivity index (χ1) is 7.40. The summed E-state index contributed by atoms with van der Waals surface area (Å²) >= 11 is 0. The fourth-order valence-electron chi connectivity index (χ4n) is 3.01. The molecule has 15 heavy (non-hydrogen) atoms. The highest BCUT2D eigenvalue weighted by Gasteiger charge is 2.27. The van der Waals surface area contributed by atoms with Gasteiger partial charge in [0, 0.05) is 12.6 Å². The van der Waals surface area contributed by atoms with Gasteiger partial charge in [-0.05, 0) is 38.1 Å². The topological polar surface area (TPSA) is 32.7 Å². The number of carbonyl (C=O) groups excluding carboxylic acids is 1. The van der Waals surface area contributed by atoms with Crippen LogP contribution in [0.2, 0.25) is 0 Å². The molecule has 2 rings (SSSR count). The molecule has 1 unspecified atom stereocenters. The molecule has 0 N–H and O–H groups in total. The Morgan fingerprint density at radius 2 is 2.00 bits per heavy atom. The Labute approximate surface area is 91.6 Å². The van der Waals surface area contributed by atoms with Gasteiger partial charge in [0.15, 0.2) is 0 Å². The van der Waals surface area contributed by atoms with Crippen LogP contribution in [0.4, 0.5) is 0 Å². The third kappa shape index (κ3) is 2.90. The second kappa shape index (κ2) is 5.43. The van der Waals surface area contributed by atoms with Gasteiger partial charge in [0.05, 0.1) is 6.54 Å². The van der Waals surface area contributed by atoms with Crippen LogP contribution in [0.15, 0.2) is 4.99 Å². The summed E-state index contributed by atoms with van der Waals surface area (Å²) in [7, 11) is 0. The summed E-state index contributed by atoms with van der Waals surface area (Å²) in [6.07, 6.45) is 9.72. The van der Waals surface area contributed by atoms with E-state index in [1.165, 1.54) is 45.1 Å². The summed E-state index contributed by atoms with van der Waals surface area (Å²) in [4.78, 5) is 16.4. The van der Waals surface area contributed by atoms with Gasteiger partial charge in [0.1, 0.15) is 0 Å². The molecule has 2 fully saturated rings. The Morgan fingerprint density at radius 1 is 1.20 bits per heavy atom. The molecule has 0 amide bonds. The van der Waals surface area contributed by atoms with Crippen LogP contribution < -0.4 is 0 Å². The van der Waals surface area contributed by atoms with Crippen molar-refractivity contribution >= 4 is 6.08 Å². The summed E-state index contributed by atoms with van der Waals surface area (Å²) in [6.45, 7) is 3.09. The summed E-state index contributed by atoms with van der Waals surface area (Å²) in [5, 5.41) is 0. The minimum atomic E-state index is 0.598. The van der Waals surface area contributed by atoms with E-state index in [-0.39, 0.29) is 0 Å². The van der Waals surface area contributed by atoms with Crippen LogP contribution in [0.3, 0.4) is 0 Å². The zero-order chi connectivity index (χ0) is 10.5. The van der Waals surface area contributed by atoms with Crippen molar-refractivity contribution in [3.05, 3.63) is 0 Å². The van der Waals surface area contributed by atoms with E-state index in [1.807, 2.05) is 0 Å². The lowest BCUT2D eigenvalue weighted by molar-refractivity contribution is 0.128. The van der Waals surface area contributed by atoms with Crippen LogP contribution in [0, 0.1) is 5.92 Å². The third-order valence-electron chi connectivity index (χ3n) is 3.81.